The number of benzene rings is 1. The maximum absolute atomic E-state index is 12.6. The van der Waals surface area contributed by atoms with E-state index in [9.17, 15) is 9.90 Å². The van der Waals surface area contributed by atoms with Gasteiger partial charge >= 0.3 is 6.03 Å². The van der Waals surface area contributed by atoms with Gasteiger partial charge in [0.05, 0.1) is 17.8 Å². The molecule has 1 saturated heterocycles. The van der Waals surface area contributed by atoms with Gasteiger partial charge in [0.15, 0.2) is 0 Å². The molecule has 6 heteroatoms. The molecule has 2 unspecified atom stereocenters. The molecule has 1 aromatic heterocycles. The lowest BCUT2D eigenvalue weighted by Gasteiger charge is -2.31. The van der Waals surface area contributed by atoms with E-state index in [0.717, 1.165) is 24.1 Å². The van der Waals surface area contributed by atoms with Crippen molar-refractivity contribution in [3.63, 3.8) is 0 Å². The highest BCUT2D eigenvalue weighted by Gasteiger charge is 2.25. The van der Waals surface area contributed by atoms with E-state index in [1.54, 1.807) is 17.2 Å². The van der Waals surface area contributed by atoms with Crippen molar-refractivity contribution in [2.24, 2.45) is 0 Å². The van der Waals surface area contributed by atoms with Gasteiger partial charge in [-0.25, -0.2) is 4.79 Å². The van der Waals surface area contributed by atoms with E-state index in [-0.39, 0.29) is 6.03 Å². The van der Waals surface area contributed by atoms with Crippen LogP contribution < -0.4 is 5.32 Å². The second kappa shape index (κ2) is 7.64. The molecule has 2 atom stereocenters. The van der Waals surface area contributed by atoms with E-state index in [4.69, 9.17) is 11.6 Å². The van der Waals surface area contributed by atoms with Crippen LogP contribution in [0.25, 0.3) is 0 Å². The van der Waals surface area contributed by atoms with Crippen molar-refractivity contribution < 1.29 is 9.90 Å². The Hall–Kier alpha value is -2.11. The summed E-state index contributed by atoms with van der Waals surface area (Å²) >= 11 is 6.10. The van der Waals surface area contributed by atoms with Crippen molar-refractivity contribution in [3.05, 3.63) is 64.9 Å². The third kappa shape index (κ3) is 4.04. The summed E-state index contributed by atoms with van der Waals surface area (Å²) in [5.74, 6) is 0. The number of likely N-dealkylation sites (tertiary alicyclic amines) is 1. The van der Waals surface area contributed by atoms with Gasteiger partial charge in [0.1, 0.15) is 0 Å². The Morgan fingerprint density at radius 1 is 1.33 bits per heavy atom. The molecule has 1 fully saturated rings. The predicted octanol–water partition coefficient (Wildman–Crippen LogP) is 2.99. The van der Waals surface area contributed by atoms with Crippen LogP contribution in [0.2, 0.25) is 5.02 Å². The summed E-state index contributed by atoms with van der Waals surface area (Å²) < 4.78 is 0. The van der Waals surface area contributed by atoms with Crippen LogP contribution in [0.5, 0.6) is 0 Å². The van der Waals surface area contributed by atoms with E-state index in [0.29, 0.717) is 18.1 Å². The SMILES string of the molecule is O=C(NC(c1cccc(Cl)c1)c1ccccn1)N1CCCC(O)C1. The summed E-state index contributed by atoms with van der Waals surface area (Å²) in [6, 6.07) is 12.4. The number of β-amino-alcohol motifs (C(OH)–C–C–N with tert-alkyl or cyclic N) is 1. The number of nitrogens with zero attached hydrogens (tertiary/aromatic N) is 2. The van der Waals surface area contributed by atoms with Crippen molar-refractivity contribution in [2.75, 3.05) is 13.1 Å². The molecule has 5 nitrogen and oxygen atoms in total. The van der Waals surface area contributed by atoms with Gasteiger partial charge in [0.25, 0.3) is 0 Å². The maximum Gasteiger partial charge on any atom is 0.318 e. The first-order valence-electron chi connectivity index (χ1n) is 8.03. The molecule has 1 aromatic carbocycles. The molecular weight excluding hydrogens is 326 g/mol. The number of aromatic nitrogens is 1. The summed E-state index contributed by atoms with van der Waals surface area (Å²) in [6.45, 7) is 1.00. The van der Waals surface area contributed by atoms with E-state index < -0.39 is 12.1 Å². The molecule has 2 N–H and O–H groups in total. The van der Waals surface area contributed by atoms with Crippen molar-refractivity contribution in [1.29, 1.82) is 0 Å². The van der Waals surface area contributed by atoms with Gasteiger partial charge in [0.2, 0.25) is 0 Å². The Morgan fingerprint density at radius 3 is 2.92 bits per heavy atom. The lowest BCUT2D eigenvalue weighted by molar-refractivity contribution is 0.0836. The summed E-state index contributed by atoms with van der Waals surface area (Å²) in [5.41, 5.74) is 1.61. The standard InChI is InChI=1S/C18H20ClN3O2/c19-14-6-3-5-13(11-14)17(16-8-1-2-9-20-16)21-18(24)22-10-4-7-15(23)12-22/h1-3,5-6,8-9,11,15,17,23H,4,7,10,12H2,(H,21,24). The van der Waals surface area contributed by atoms with Crippen LogP contribution in [-0.2, 0) is 0 Å². The average molecular weight is 346 g/mol. The summed E-state index contributed by atoms with van der Waals surface area (Å²) in [4.78, 5) is 18.6. The van der Waals surface area contributed by atoms with Crippen molar-refractivity contribution in [1.82, 2.24) is 15.2 Å². The van der Waals surface area contributed by atoms with Gasteiger partial charge < -0.3 is 15.3 Å². The maximum atomic E-state index is 12.6. The zero-order chi connectivity index (χ0) is 16.9. The lowest BCUT2D eigenvalue weighted by atomic mass is 10.0. The highest BCUT2D eigenvalue weighted by atomic mass is 35.5. The summed E-state index contributed by atoms with van der Waals surface area (Å²) in [6.07, 6.45) is 2.79. The molecule has 1 aliphatic rings. The molecule has 3 rings (SSSR count). The fraction of sp³-hybridized carbons (Fsp3) is 0.333. The number of pyridine rings is 1. The second-order valence-electron chi connectivity index (χ2n) is 5.93. The monoisotopic (exact) mass is 345 g/mol. The van der Waals surface area contributed by atoms with E-state index >= 15 is 0 Å². The number of hydrogen-bond acceptors (Lipinski definition) is 3. The Kier molecular flexibility index (Phi) is 5.33. The van der Waals surface area contributed by atoms with Crippen LogP contribution in [0, 0.1) is 0 Å². The summed E-state index contributed by atoms with van der Waals surface area (Å²) in [7, 11) is 0. The number of aliphatic hydroxyl groups excluding tert-OH is 1. The second-order valence-corrected chi connectivity index (χ2v) is 6.37. The molecule has 0 radical (unpaired) electrons. The topological polar surface area (TPSA) is 65.5 Å². The summed E-state index contributed by atoms with van der Waals surface area (Å²) in [5, 5.41) is 13.4. The molecular formula is C18H20ClN3O2. The van der Waals surface area contributed by atoms with Crippen molar-refractivity contribution in [3.8, 4) is 0 Å². The van der Waals surface area contributed by atoms with Gasteiger partial charge in [-0.15, -0.1) is 0 Å². The van der Waals surface area contributed by atoms with Crippen LogP contribution in [-0.4, -0.2) is 40.2 Å². The number of halogens is 1. The van der Waals surface area contributed by atoms with Crippen molar-refractivity contribution in [2.45, 2.75) is 25.0 Å². The minimum absolute atomic E-state index is 0.204. The molecule has 126 valence electrons. The molecule has 24 heavy (non-hydrogen) atoms. The first kappa shape index (κ1) is 16.7. The van der Waals surface area contributed by atoms with E-state index in [1.807, 2.05) is 36.4 Å². The Balaban J connectivity index is 1.84. The smallest absolute Gasteiger partial charge is 0.318 e. The third-order valence-corrected chi connectivity index (χ3v) is 4.35. The van der Waals surface area contributed by atoms with Gasteiger partial charge in [-0.05, 0) is 42.7 Å². The zero-order valence-electron chi connectivity index (χ0n) is 13.2. The number of piperidine rings is 1. The normalized spacial score (nSPS) is 18.9. The van der Waals surface area contributed by atoms with Gasteiger partial charge in [-0.3, -0.25) is 4.98 Å². The predicted molar refractivity (Wildman–Crippen MR) is 92.9 cm³/mol. The molecule has 0 spiro atoms. The molecule has 0 saturated carbocycles. The first-order valence-corrected chi connectivity index (χ1v) is 8.41. The number of carbonyl (C=O) groups excluding carboxylic acids is 1. The van der Waals surface area contributed by atoms with Crippen molar-refractivity contribution >= 4 is 17.6 Å². The fourth-order valence-electron chi connectivity index (χ4n) is 2.91. The van der Waals surface area contributed by atoms with Gasteiger partial charge in [0, 0.05) is 24.3 Å². The Labute approximate surface area is 146 Å². The molecule has 1 aliphatic heterocycles. The fourth-order valence-corrected chi connectivity index (χ4v) is 3.11. The minimum atomic E-state index is -0.455. The Bertz CT molecular complexity index is 696. The molecule has 2 amide bonds. The molecule has 2 heterocycles. The average Bonchev–Trinajstić information content (AvgIpc) is 2.60. The zero-order valence-corrected chi connectivity index (χ0v) is 14.0. The van der Waals surface area contributed by atoms with E-state index in [2.05, 4.69) is 10.3 Å². The molecule has 2 aromatic rings. The quantitative estimate of drug-likeness (QED) is 0.898. The molecule has 0 bridgehead atoms. The third-order valence-electron chi connectivity index (χ3n) is 4.12. The van der Waals surface area contributed by atoms with E-state index in [1.165, 1.54) is 0 Å². The Morgan fingerprint density at radius 2 is 2.21 bits per heavy atom. The number of hydrogen-bond donors (Lipinski definition) is 2. The van der Waals surface area contributed by atoms with Crippen LogP contribution in [0.3, 0.4) is 0 Å². The van der Waals surface area contributed by atoms with Gasteiger partial charge in [-0.1, -0.05) is 29.8 Å². The number of nitrogens with one attached hydrogen (secondary N) is 1. The number of urea groups is 1. The minimum Gasteiger partial charge on any atom is -0.391 e. The number of rotatable bonds is 3. The lowest BCUT2D eigenvalue weighted by Crippen LogP contribution is -2.48. The van der Waals surface area contributed by atoms with Crippen LogP contribution in [0.15, 0.2) is 48.7 Å². The highest BCUT2D eigenvalue weighted by molar-refractivity contribution is 6.30. The van der Waals surface area contributed by atoms with Crippen LogP contribution in [0.4, 0.5) is 4.79 Å². The van der Waals surface area contributed by atoms with Gasteiger partial charge in [-0.2, -0.15) is 0 Å². The first-order chi connectivity index (χ1) is 11.6. The van der Waals surface area contributed by atoms with Crippen LogP contribution in [0.1, 0.15) is 30.1 Å². The largest absolute Gasteiger partial charge is 0.391 e. The number of carbonyl (C=O) groups is 1. The van der Waals surface area contributed by atoms with Crippen LogP contribution >= 0.6 is 11.6 Å². The number of aliphatic hydroxyl groups is 1. The number of amides is 2. The highest BCUT2D eigenvalue weighted by Crippen LogP contribution is 2.23. The molecule has 0 aliphatic carbocycles.